The maximum absolute atomic E-state index is 14.2. The first-order valence-electron chi connectivity index (χ1n) is 13.2. The van der Waals surface area contributed by atoms with E-state index in [1.807, 2.05) is 19.1 Å². The zero-order valence-corrected chi connectivity index (χ0v) is 22.7. The summed E-state index contributed by atoms with van der Waals surface area (Å²) in [5.41, 5.74) is 9.26. The molecule has 0 aromatic heterocycles. The average molecular weight is 492 g/mol. The Morgan fingerprint density at radius 2 is 1.97 bits per heavy atom. The third-order valence-electron chi connectivity index (χ3n) is 6.25. The van der Waals surface area contributed by atoms with Gasteiger partial charge in [0.25, 0.3) is 5.91 Å². The molecule has 4 nitrogen and oxygen atoms in total. The Balaban J connectivity index is 3.76. The molecule has 6 heteroatoms. The van der Waals surface area contributed by atoms with Crippen LogP contribution in [0.25, 0.3) is 0 Å². The maximum Gasteiger partial charge on any atom is 0.253 e. The van der Waals surface area contributed by atoms with Crippen LogP contribution in [0.4, 0.5) is 8.78 Å². The number of halogens is 2. The van der Waals surface area contributed by atoms with Crippen molar-refractivity contribution in [3.05, 3.63) is 58.1 Å². The fourth-order valence-electron chi connectivity index (χ4n) is 4.08. The number of allylic oxidation sites excluding steroid dienone is 6. The van der Waals surface area contributed by atoms with Crippen LogP contribution in [-0.2, 0) is 4.79 Å². The van der Waals surface area contributed by atoms with E-state index in [2.05, 4.69) is 31.0 Å². The van der Waals surface area contributed by atoms with Crippen LogP contribution < -0.4 is 11.1 Å². The highest BCUT2D eigenvalue weighted by atomic mass is 19.1. The molecule has 0 fully saturated rings. The topological polar surface area (TPSA) is 58.4 Å². The Kier molecular flexibility index (Phi) is 14.5. The lowest BCUT2D eigenvalue weighted by molar-refractivity contribution is -0.117. The largest absolute Gasteiger partial charge is 0.371 e. The Hall–Kier alpha value is -2.21. The van der Waals surface area contributed by atoms with Gasteiger partial charge >= 0.3 is 0 Å². The molecule has 0 aromatic carbocycles. The van der Waals surface area contributed by atoms with E-state index in [0.29, 0.717) is 42.3 Å². The molecule has 0 heterocycles. The predicted molar refractivity (Wildman–Crippen MR) is 144 cm³/mol. The summed E-state index contributed by atoms with van der Waals surface area (Å²) in [6.45, 7) is 13.7. The lowest BCUT2D eigenvalue weighted by atomic mass is 9.90. The van der Waals surface area contributed by atoms with E-state index < -0.39 is 12.0 Å². The van der Waals surface area contributed by atoms with Crippen molar-refractivity contribution in [2.24, 2.45) is 11.7 Å². The number of carbonyl (C=O) groups excluding carboxylic acids is 1. The van der Waals surface area contributed by atoms with Crippen LogP contribution in [0.1, 0.15) is 80.1 Å². The average Bonchev–Trinajstić information content (AvgIpc) is 2.79. The van der Waals surface area contributed by atoms with Gasteiger partial charge in [-0.2, -0.15) is 0 Å². The highest BCUT2D eigenvalue weighted by molar-refractivity contribution is 5.98. The molecule has 3 N–H and O–H groups in total. The van der Waals surface area contributed by atoms with Crippen molar-refractivity contribution in [2.45, 2.75) is 86.2 Å². The zero-order chi connectivity index (χ0) is 26.4. The number of hydrogen-bond donors (Lipinski definition) is 2. The van der Waals surface area contributed by atoms with Crippen LogP contribution in [0.2, 0.25) is 0 Å². The van der Waals surface area contributed by atoms with Gasteiger partial charge in [-0.1, -0.05) is 38.3 Å². The van der Waals surface area contributed by atoms with Crippen LogP contribution in [0.3, 0.4) is 0 Å². The third kappa shape index (κ3) is 10.9. The van der Waals surface area contributed by atoms with Crippen LogP contribution in [-0.4, -0.2) is 43.2 Å². The maximum atomic E-state index is 14.2. The molecule has 0 spiro atoms. The lowest BCUT2D eigenvalue weighted by Gasteiger charge is -2.32. The molecule has 0 radical (unpaired) electrons. The first-order chi connectivity index (χ1) is 16.6. The molecule has 0 bridgehead atoms. The second kappa shape index (κ2) is 16.5. The Labute approximate surface area is 212 Å². The van der Waals surface area contributed by atoms with Crippen molar-refractivity contribution in [1.82, 2.24) is 10.2 Å². The van der Waals surface area contributed by atoms with E-state index >= 15 is 0 Å². The number of nitrogens with zero attached hydrogens (tertiary/aromatic N) is 1. The molecule has 35 heavy (non-hydrogen) atoms. The van der Waals surface area contributed by atoms with E-state index in [4.69, 9.17) is 5.73 Å². The van der Waals surface area contributed by atoms with E-state index in [1.165, 1.54) is 26.0 Å². The molecule has 1 aliphatic rings. The minimum atomic E-state index is -1.26. The van der Waals surface area contributed by atoms with Gasteiger partial charge in [-0.3, -0.25) is 4.79 Å². The van der Waals surface area contributed by atoms with Gasteiger partial charge in [0, 0.05) is 25.2 Å². The SMILES string of the molecule is CCC(C)CNC(=O)/C1=C(N(CC)CCCCCN)/C(C(/C=C(\C)F)=C/C(C)F)=C\CCC(C)=C1. The van der Waals surface area contributed by atoms with Gasteiger partial charge in [-0.15, -0.1) is 0 Å². The fraction of sp³-hybridized carbons (Fsp3) is 0.621. The number of unbranched alkanes of at least 4 members (excludes halogenated alkanes) is 2. The molecule has 0 saturated heterocycles. The number of hydrogen-bond acceptors (Lipinski definition) is 3. The molecular weight excluding hydrogens is 444 g/mol. The van der Waals surface area contributed by atoms with Crippen LogP contribution in [0.5, 0.6) is 0 Å². The Morgan fingerprint density at radius 1 is 1.26 bits per heavy atom. The van der Waals surface area contributed by atoms with Gasteiger partial charge in [-0.25, -0.2) is 8.78 Å². The summed E-state index contributed by atoms with van der Waals surface area (Å²) in [5.74, 6) is -0.198. The first kappa shape index (κ1) is 30.8. The molecule has 0 saturated carbocycles. The molecule has 0 aliphatic heterocycles. The standard InChI is InChI=1S/C29H47F2N3O/c1-7-21(3)20-33-29(35)27-17-22(4)13-12-14-26(25(18-23(5)30)19-24(6)31)28(27)34(8-2)16-11-9-10-15-32/h14,17-19,21,23H,7-13,15-16,20,32H2,1-6H3,(H,33,35)/b22-17?,24-19+,25-18+,26-14-,28-27-. The lowest BCUT2D eigenvalue weighted by Crippen LogP contribution is -2.34. The highest BCUT2D eigenvalue weighted by Gasteiger charge is 2.25. The summed E-state index contributed by atoms with van der Waals surface area (Å²) in [5, 5.41) is 3.10. The molecule has 2 atom stereocenters. The van der Waals surface area contributed by atoms with Crippen molar-refractivity contribution in [1.29, 1.82) is 0 Å². The van der Waals surface area contributed by atoms with Crippen molar-refractivity contribution in [3.63, 3.8) is 0 Å². The van der Waals surface area contributed by atoms with E-state index in [0.717, 1.165) is 56.3 Å². The van der Waals surface area contributed by atoms with Crippen LogP contribution >= 0.6 is 0 Å². The van der Waals surface area contributed by atoms with Crippen molar-refractivity contribution >= 4 is 5.91 Å². The van der Waals surface area contributed by atoms with Gasteiger partial charge < -0.3 is 16.0 Å². The minimum absolute atomic E-state index is 0.151. The van der Waals surface area contributed by atoms with Gasteiger partial charge in [0.2, 0.25) is 0 Å². The minimum Gasteiger partial charge on any atom is -0.371 e. The Bertz CT molecular complexity index is 833. The number of nitrogens with two attached hydrogens (primary N) is 1. The summed E-state index contributed by atoms with van der Waals surface area (Å²) in [7, 11) is 0. The molecule has 1 amide bonds. The van der Waals surface area contributed by atoms with Gasteiger partial charge in [0.15, 0.2) is 0 Å². The fourth-order valence-corrected chi connectivity index (χ4v) is 4.08. The first-order valence-corrected chi connectivity index (χ1v) is 13.2. The molecular formula is C29H47F2N3O. The molecule has 0 aromatic rings. The predicted octanol–water partition coefficient (Wildman–Crippen LogP) is 6.68. The van der Waals surface area contributed by atoms with Crippen LogP contribution in [0, 0.1) is 5.92 Å². The third-order valence-corrected chi connectivity index (χ3v) is 6.25. The van der Waals surface area contributed by atoms with Crippen molar-refractivity contribution in [3.8, 4) is 0 Å². The summed E-state index contributed by atoms with van der Waals surface area (Å²) in [4.78, 5) is 15.8. The summed E-state index contributed by atoms with van der Waals surface area (Å²) < 4.78 is 28.4. The number of amides is 1. The van der Waals surface area contributed by atoms with Crippen LogP contribution in [0.15, 0.2) is 58.1 Å². The molecule has 2 unspecified atom stereocenters. The summed E-state index contributed by atoms with van der Waals surface area (Å²) in [6.07, 6.45) is 10.9. The number of nitrogens with one attached hydrogen (secondary N) is 1. The molecule has 1 aliphatic carbocycles. The Morgan fingerprint density at radius 3 is 2.54 bits per heavy atom. The van der Waals surface area contributed by atoms with Gasteiger partial charge in [0.1, 0.15) is 6.17 Å². The van der Waals surface area contributed by atoms with Gasteiger partial charge in [0.05, 0.1) is 17.1 Å². The number of carbonyl (C=O) groups is 1. The van der Waals surface area contributed by atoms with Gasteiger partial charge in [-0.05, 0) is 89.6 Å². The summed E-state index contributed by atoms with van der Waals surface area (Å²) in [6, 6.07) is 0. The number of alkyl halides is 1. The smallest absolute Gasteiger partial charge is 0.253 e. The second-order valence-electron chi connectivity index (χ2n) is 9.59. The van der Waals surface area contributed by atoms with E-state index in [-0.39, 0.29) is 5.91 Å². The monoisotopic (exact) mass is 491 g/mol. The quantitative estimate of drug-likeness (QED) is 0.211. The number of rotatable bonds is 14. The van der Waals surface area contributed by atoms with E-state index in [9.17, 15) is 13.6 Å². The van der Waals surface area contributed by atoms with E-state index in [1.54, 1.807) is 0 Å². The second-order valence-corrected chi connectivity index (χ2v) is 9.59. The van der Waals surface area contributed by atoms with Crippen molar-refractivity contribution in [2.75, 3.05) is 26.2 Å². The highest BCUT2D eigenvalue weighted by Crippen LogP contribution is 2.33. The summed E-state index contributed by atoms with van der Waals surface area (Å²) >= 11 is 0. The number of likely N-dealkylation sites (N-methyl/N-ethyl adjacent to an activating group) is 1. The molecule has 198 valence electrons. The van der Waals surface area contributed by atoms with Crippen molar-refractivity contribution < 1.29 is 13.6 Å². The molecule has 1 rings (SSSR count). The zero-order valence-electron chi connectivity index (χ0n) is 22.7. The normalized spacial score (nSPS) is 20.8.